The monoisotopic (exact) mass is 282 g/mol. The van der Waals surface area contributed by atoms with Crippen molar-refractivity contribution < 1.29 is 27.9 Å². The summed E-state index contributed by atoms with van der Waals surface area (Å²) in [7, 11) is 0. The van der Waals surface area contributed by atoms with Gasteiger partial charge >= 0.3 is 6.18 Å². The number of primary amides is 1. The van der Waals surface area contributed by atoms with E-state index in [4.69, 9.17) is 10.8 Å². The smallest absolute Gasteiger partial charge is 0.381 e. The van der Waals surface area contributed by atoms with Crippen LogP contribution in [0.4, 0.5) is 13.2 Å². The summed E-state index contributed by atoms with van der Waals surface area (Å²) >= 11 is 0. The molecule has 0 bridgehead atoms. The van der Waals surface area contributed by atoms with E-state index >= 15 is 0 Å². The minimum absolute atomic E-state index is 0.0695. The summed E-state index contributed by atoms with van der Waals surface area (Å²) in [4.78, 5) is 22.3. The van der Waals surface area contributed by atoms with Crippen molar-refractivity contribution >= 4 is 11.8 Å². The molecule has 110 valence electrons. The molecule has 5 nitrogen and oxygen atoms in total. The number of alkyl halides is 3. The lowest BCUT2D eigenvalue weighted by Gasteiger charge is -2.32. The Morgan fingerprint density at radius 1 is 1.32 bits per heavy atom. The van der Waals surface area contributed by atoms with Gasteiger partial charge in [-0.3, -0.25) is 9.59 Å². The Kier molecular flexibility index (Phi) is 5.16. The number of halogens is 3. The van der Waals surface area contributed by atoms with E-state index in [1.54, 1.807) is 0 Å². The Bertz CT molecular complexity index is 347. The van der Waals surface area contributed by atoms with Crippen molar-refractivity contribution in [1.82, 2.24) is 5.32 Å². The van der Waals surface area contributed by atoms with Gasteiger partial charge in [0.1, 0.15) is 6.10 Å². The first-order chi connectivity index (χ1) is 8.73. The summed E-state index contributed by atoms with van der Waals surface area (Å²) in [5, 5.41) is 11.2. The first-order valence-electron chi connectivity index (χ1n) is 6.05. The molecule has 1 aliphatic carbocycles. The number of nitrogens with two attached hydrogens (primary N) is 1. The molecule has 0 aromatic heterocycles. The van der Waals surface area contributed by atoms with E-state index in [2.05, 4.69) is 5.32 Å². The van der Waals surface area contributed by atoms with Crippen LogP contribution in [0.3, 0.4) is 0 Å². The van der Waals surface area contributed by atoms with Crippen LogP contribution in [0.25, 0.3) is 0 Å². The Balaban J connectivity index is 2.60. The molecule has 1 fully saturated rings. The van der Waals surface area contributed by atoms with Gasteiger partial charge in [-0.05, 0) is 12.8 Å². The van der Waals surface area contributed by atoms with E-state index in [1.807, 2.05) is 0 Å². The number of nitrogens with one attached hydrogen (secondary N) is 1. The standard InChI is InChI=1S/C11H17F3N2O3/c12-11(13,14)7-4-2-1-3-6(7)10(19)16-5-8(17)9(15)18/h6-8,17H,1-5H2,(H2,15,18)(H,16,19). The maximum Gasteiger partial charge on any atom is 0.392 e. The zero-order valence-corrected chi connectivity index (χ0v) is 10.2. The molecule has 19 heavy (non-hydrogen) atoms. The second-order valence-corrected chi connectivity index (χ2v) is 4.70. The molecule has 0 spiro atoms. The van der Waals surface area contributed by atoms with Gasteiger partial charge in [-0.1, -0.05) is 12.8 Å². The van der Waals surface area contributed by atoms with Crippen LogP contribution in [-0.2, 0) is 9.59 Å². The summed E-state index contributed by atoms with van der Waals surface area (Å²) in [5.41, 5.74) is 4.78. The first kappa shape index (κ1) is 15.7. The lowest BCUT2D eigenvalue weighted by atomic mass is 9.78. The summed E-state index contributed by atoms with van der Waals surface area (Å²) in [6.45, 7) is -0.463. The number of amides is 2. The molecule has 0 aromatic carbocycles. The third-order valence-corrected chi connectivity index (χ3v) is 3.32. The van der Waals surface area contributed by atoms with Gasteiger partial charge in [0.05, 0.1) is 12.5 Å². The number of carbonyl (C=O) groups excluding carboxylic acids is 2. The van der Waals surface area contributed by atoms with Gasteiger partial charge in [-0.2, -0.15) is 13.2 Å². The molecule has 8 heteroatoms. The van der Waals surface area contributed by atoms with Crippen molar-refractivity contribution in [3.63, 3.8) is 0 Å². The van der Waals surface area contributed by atoms with Crippen LogP contribution in [0.2, 0.25) is 0 Å². The highest BCUT2D eigenvalue weighted by Gasteiger charge is 2.47. The maximum atomic E-state index is 12.8. The van der Waals surface area contributed by atoms with Gasteiger partial charge in [-0.15, -0.1) is 0 Å². The van der Waals surface area contributed by atoms with Crippen LogP contribution in [0.1, 0.15) is 25.7 Å². The van der Waals surface area contributed by atoms with E-state index in [0.29, 0.717) is 12.8 Å². The molecule has 0 saturated heterocycles. The van der Waals surface area contributed by atoms with E-state index in [-0.39, 0.29) is 12.8 Å². The highest BCUT2D eigenvalue weighted by molar-refractivity contribution is 5.82. The molecule has 0 radical (unpaired) electrons. The van der Waals surface area contributed by atoms with Crippen LogP contribution < -0.4 is 11.1 Å². The van der Waals surface area contributed by atoms with E-state index in [1.165, 1.54) is 0 Å². The Morgan fingerprint density at radius 2 is 1.89 bits per heavy atom. The molecule has 1 rings (SSSR count). The van der Waals surface area contributed by atoms with Crippen LogP contribution in [0, 0.1) is 11.8 Å². The van der Waals surface area contributed by atoms with E-state index in [9.17, 15) is 22.8 Å². The number of aliphatic hydroxyl groups is 1. The van der Waals surface area contributed by atoms with Gasteiger partial charge in [-0.25, -0.2) is 0 Å². The largest absolute Gasteiger partial charge is 0.392 e. The van der Waals surface area contributed by atoms with E-state index < -0.39 is 42.5 Å². The van der Waals surface area contributed by atoms with Crippen molar-refractivity contribution in [1.29, 1.82) is 0 Å². The molecule has 3 unspecified atom stereocenters. The summed E-state index contributed by atoms with van der Waals surface area (Å²) in [6, 6.07) is 0. The fourth-order valence-corrected chi connectivity index (χ4v) is 2.27. The van der Waals surface area contributed by atoms with Crippen molar-refractivity contribution in [3.05, 3.63) is 0 Å². The number of rotatable bonds is 4. The third kappa shape index (κ3) is 4.38. The minimum atomic E-state index is -4.41. The second-order valence-electron chi connectivity index (χ2n) is 4.70. The second kappa shape index (κ2) is 6.23. The third-order valence-electron chi connectivity index (χ3n) is 3.32. The molecule has 2 amide bonds. The fraction of sp³-hybridized carbons (Fsp3) is 0.818. The molecule has 4 N–H and O–H groups in total. The SMILES string of the molecule is NC(=O)C(O)CNC(=O)C1CCCCC1C(F)(F)F. The molecular formula is C11H17F3N2O3. The van der Waals surface area contributed by atoms with Gasteiger partial charge in [0, 0.05) is 5.92 Å². The predicted molar refractivity (Wildman–Crippen MR) is 59.7 cm³/mol. The van der Waals surface area contributed by atoms with E-state index in [0.717, 1.165) is 0 Å². The van der Waals surface area contributed by atoms with Crippen molar-refractivity contribution in [2.45, 2.75) is 38.0 Å². The average Bonchev–Trinajstić information content (AvgIpc) is 2.34. The van der Waals surface area contributed by atoms with Gasteiger partial charge in [0.15, 0.2) is 0 Å². The Hall–Kier alpha value is -1.31. The summed E-state index contributed by atoms with van der Waals surface area (Å²) < 4.78 is 38.3. The molecule has 1 saturated carbocycles. The number of hydrogen-bond acceptors (Lipinski definition) is 3. The normalized spacial score (nSPS) is 25.7. The first-order valence-corrected chi connectivity index (χ1v) is 6.05. The van der Waals surface area contributed by atoms with Crippen molar-refractivity contribution in [2.24, 2.45) is 17.6 Å². The summed E-state index contributed by atoms with van der Waals surface area (Å²) in [5.74, 6) is -4.64. The number of hydrogen-bond donors (Lipinski definition) is 3. The number of aliphatic hydroxyl groups excluding tert-OH is 1. The van der Waals surface area contributed by atoms with Gasteiger partial charge in [0.2, 0.25) is 11.8 Å². The molecular weight excluding hydrogens is 265 g/mol. The molecule has 0 heterocycles. The van der Waals surface area contributed by atoms with Crippen LogP contribution in [0.5, 0.6) is 0 Å². The summed E-state index contributed by atoms with van der Waals surface area (Å²) in [6.07, 6.45) is -4.91. The van der Waals surface area contributed by atoms with Crippen LogP contribution >= 0.6 is 0 Å². The topological polar surface area (TPSA) is 92.4 Å². The lowest BCUT2D eigenvalue weighted by Crippen LogP contribution is -2.46. The number of carbonyl (C=O) groups is 2. The highest BCUT2D eigenvalue weighted by Crippen LogP contribution is 2.41. The van der Waals surface area contributed by atoms with Crippen LogP contribution in [-0.4, -0.2) is 35.7 Å². The van der Waals surface area contributed by atoms with Crippen molar-refractivity contribution in [2.75, 3.05) is 6.54 Å². The average molecular weight is 282 g/mol. The molecule has 1 aliphatic rings. The fourth-order valence-electron chi connectivity index (χ4n) is 2.27. The van der Waals surface area contributed by atoms with Gasteiger partial charge < -0.3 is 16.2 Å². The Morgan fingerprint density at radius 3 is 2.42 bits per heavy atom. The lowest BCUT2D eigenvalue weighted by molar-refractivity contribution is -0.198. The molecule has 0 aromatic rings. The maximum absolute atomic E-state index is 12.8. The van der Waals surface area contributed by atoms with Gasteiger partial charge in [0.25, 0.3) is 0 Å². The zero-order chi connectivity index (χ0) is 14.6. The van der Waals surface area contributed by atoms with Crippen LogP contribution in [0.15, 0.2) is 0 Å². The molecule has 0 aliphatic heterocycles. The van der Waals surface area contributed by atoms with Crippen molar-refractivity contribution in [3.8, 4) is 0 Å². The zero-order valence-electron chi connectivity index (χ0n) is 10.2. The quantitative estimate of drug-likeness (QED) is 0.693. The predicted octanol–water partition coefficient (Wildman–Crippen LogP) is 0.317. The Labute approximate surface area is 108 Å². The highest BCUT2D eigenvalue weighted by atomic mass is 19.4. The minimum Gasteiger partial charge on any atom is -0.381 e. The molecule has 3 atom stereocenters.